The predicted octanol–water partition coefficient (Wildman–Crippen LogP) is 2.99. The van der Waals surface area contributed by atoms with Gasteiger partial charge in [0.15, 0.2) is 0 Å². The van der Waals surface area contributed by atoms with Crippen LogP contribution in [0.15, 0.2) is 42.7 Å². The molecule has 2 aliphatic heterocycles. The normalized spacial score (nSPS) is 20.7. The Balaban J connectivity index is 1.27. The van der Waals surface area contributed by atoms with Crippen molar-refractivity contribution in [3.05, 3.63) is 53.9 Å². The monoisotopic (exact) mass is 324 g/mol. The molecule has 4 nitrogen and oxygen atoms in total. The van der Waals surface area contributed by atoms with E-state index in [-0.39, 0.29) is 0 Å². The Bertz CT molecular complexity index is 622. The van der Waals surface area contributed by atoms with Gasteiger partial charge in [0.1, 0.15) is 0 Å². The van der Waals surface area contributed by atoms with Crippen molar-refractivity contribution in [1.82, 2.24) is 19.6 Å². The maximum Gasteiger partial charge on any atom is 0.0659 e. The number of benzene rings is 1. The zero-order valence-electron chi connectivity index (χ0n) is 14.5. The van der Waals surface area contributed by atoms with E-state index in [1.54, 1.807) is 0 Å². The van der Waals surface area contributed by atoms with Gasteiger partial charge in [0.05, 0.1) is 12.7 Å². The van der Waals surface area contributed by atoms with Crippen LogP contribution in [-0.4, -0.2) is 51.8 Å². The first-order valence-corrected chi connectivity index (χ1v) is 9.38. The summed E-state index contributed by atoms with van der Waals surface area (Å²) in [6.45, 7) is 7.02. The highest BCUT2D eigenvalue weighted by atomic mass is 15.3. The van der Waals surface area contributed by atoms with Crippen LogP contribution in [0.25, 0.3) is 0 Å². The van der Waals surface area contributed by atoms with E-state index < -0.39 is 0 Å². The number of nitrogens with zero attached hydrogens (tertiary/aromatic N) is 4. The Hall–Kier alpha value is -1.65. The van der Waals surface area contributed by atoms with Crippen molar-refractivity contribution in [2.24, 2.45) is 0 Å². The molecule has 1 aromatic carbocycles. The fourth-order valence-electron chi connectivity index (χ4n) is 4.15. The largest absolute Gasteiger partial charge is 0.300 e. The molecule has 0 radical (unpaired) electrons. The summed E-state index contributed by atoms with van der Waals surface area (Å²) in [7, 11) is 0. The summed E-state index contributed by atoms with van der Waals surface area (Å²) < 4.78 is 2.06. The molecule has 1 aromatic heterocycles. The van der Waals surface area contributed by atoms with Crippen LogP contribution in [0.4, 0.5) is 0 Å². The lowest BCUT2D eigenvalue weighted by Crippen LogP contribution is -2.43. The highest BCUT2D eigenvalue weighted by Gasteiger charge is 2.26. The van der Waals surface area contributed by atoms with Gasteiger partial charge in [-0.25, -0.2) is 0 Å². The molecule has 0 spiro atoms. The van der Waals surface area contributed by atoms with Crippen molar-refractivity contribution >= 4 is 0 Å². The molecule has 0 amide bonds. The maximum atomic E-state index is 4.54. The van der Waals surface area contributed by atoms with E-state index >= 15 is 0 Å². The number of hydrogen-bond acceptors (Lipinski definition) is 3. The number of piperidine rings is 1. The minimum atomic E-state index is 0.838. The Morgan fingerprint density at radius 2 is 1.62 bits per heavy atom. The third-order valence-electron chi connectivity index (χ3n) is 5.49. The minimum Gasteiger partial charge on any atom is -0.300 e. The van der Waals surface area contributed by atoms with Gasteiger partial charge in [-0.3, -0.25) is 9.58 Å². The summed E-state index contributed by atoms with van der Waals surface area (Å²) in [5.41, 5.74) is 2.64. The Morgan fingerprint density at radius 1 is 0.875 bits per heavy atom. The second-order valence-electron chi connectivity index (χ2n) is 7.28. The highest BCUT2D eigenvalue weighted by molar-refractivity contribution is 5.15. The molecule has 3 heterocycles. The van der Waals surface area contributed by atoms with E-state index in [0.717, 1.165) is 19.1 Å². The van der Waals surface area contributed by atoms with Crippen LogP contribution in [0.5, 0.6) is 0 Å². The van der Waals surface area contributed by atoms with Crippen molar-refractivity contribution < 1.29 is 0 Å². The SMILES string of the molecule is c1ccc(Cn2cc(CN3CCC(N4CCCC4)CC3)cn2)cc1. The molecular formula is C20H28N4. The summed E-state index contributed by atoms with van der Waals surface area (Å²) in [6.07, 6.45) is 9.72. The fourth-order valence-corrected chi connectivity index (χ4v) is 4.15. The lowest BCUT2D eigenvalue weighted by Gasteiger charge is -2.36. The van der Waals surface area contributed by atoms with E-state index in [0.29, 0.717) is 0 Å². The topological polar surface area (TPSA) is 24.3 Å². The first kappa shape index (κ1) is 15.9. The van der Waals surface area contributed by atoms with E-state index in [9.17, 15) is 0 Å². The van der Waals surface area contributed by atoms with Crippen LogP contribution in [0.2, 0.25) is 0 Å². The molecule has 0 aliphatic carbocycles. The van der Waals surface area contributed by atoms with Crippen LogP contribution in [0.1, 0.15) is 36.8 Å². The predicted molar refractivity (Wildman–Crippen MR) is 96.9 cm³/mol. The summed E-state index contributed by atoms with van der Waals surface area (Å²) in [6, 6.07) is 11.4. The molecule has 0 N–H and O–H groups in total. The molecular weight excluding hydrogens is 296 g/mol. The lowest BCUT2D eigenvalue weighted by molar-refractivity contribution is 0.122. The second kappa shape index (κ2) is 7.49. The van der Waals surface area contributed by atoms with Gasteiger partial charge >= 0.3 is 0 Å². The molecule has 2 aliphatic rings. The lowest BCUT2D eigenvalue weighted by atomic mass is 10.0. The number of hydrogen-bond donors (Lipinski definition) is 0. The molecule has 4 rings (SSSR count). The zero-order valence-corrected chi connectivity index (χ0v) is 14.5. The maximum absolute atomic E-state index is 4.54. The molecule has 0 unspecified atom stereocenters. The zero-order chi connectivity index (χ0) is 16.2. The first-order chi connectivity index (χ1) is 11.9. The van der Waals surface area contributed by atoms with Crippen molar-refractivity contribution in [2.75, 3.05) is 26.2 Å². The third-order valence-corrected chi connectivity index (χ3v) is 5.49. The number of aromatic nitrogens is 2. The summed E-state index contributed by atoms with van der Waals surface area (Å²) in [5, 5.41) is 4.54. The molecule has 24 heavy (non-hydrogen) atoms. The Morgan fingerprint density at radius 3 is 2.38 bits per heavy atom. The van der Waals surface area contributed by atoms with Gasteiger partial charge < -0.3 is 4.90 Å². The van der Waals surface area contributed by atoms with Crippen LogP contribution in [0, 0.1) is 0 Å². The molecule has 4 heteroatoms. The van der Waals surface area contributed by atoms with E-state index in [2.05, 4.69) is 56.1 Å². The first-order valence-electron chi connectivity index (χ1n) is 9.38. The standard InChI is InChI=1S/C20H28N4/c1-2-6-18(7-3-1)16-24-17-19(14-21-24)15-22-12-8-20(9-13-22)23-10-4-5-11-23/h1-3,6-7,14,17,20H,4-5,8-13,15-16H2. The van der Waals surface area contributed by atoms with Crippen LogP contribution in [-0.2, 0) is 13.1 Å². The van der Waals surface area contributed by atoms with Crippen molar-refractivity contribution in [1.29, 1.82) is 0 Å². The summed E-state index contributed by atoms with van der Waals surface area (Å²) in [4.78, 5) is 5.31. The molecule has 0 bridgehead atoms. The van der Waals surface area contributed by atoms with E-state index in [1.807, 2.05) is 6.20 Å². The smallest absolute Gasteiger partial charge is 0.0659 e. The van der Waals surface area contributed by atoms with Gasteiger partial charge in [0, 0.05) is 24.3 Å². The van der Waals surface area contributed by atoms with Gasteiger partial charge in [-0.1, -0.05) is 30.3 Å². The average Bonchev–Trinajstić information content (AvgIpc) is 3.29. The number of likely N-dealkylation sites (tertiary alicyclic amines) is 2. The summed E-state index contributed by atoms with van der Waals surface area (Å²) in [5.74, 6) is 0. The van der Waals surface area contributed by atoms with Crippen LogP contribution in [0.3, 0.4) is 0 Å². The highest BCUT2D eigenvalue weighted by Crippen LogP contribution is 2.22. The minimum absolute atomic E-state index is 0.838. The van der Waals surface area contributed by atoms with Gasteiger partial charge in [-0.05, 0) is 57.4 Å². The average molecular weight is 324 g/mol. The van der Waals surface area contributed by atoms with E-state index in [1.165, 1.54) is 63.0 Å². The van der Waals surface area contributed by atoms with Crippen molar-refractivity contribution in [2.45, 2.75) is 44.8 Å². The van der Waals surface area contributed by atoms with Gasteiger partial charge in [-0.15, -0.1) is 0 Å². The molecule has 2 saturated heterocycles. The molecule has 128 valence electrons. The second-order valence-corrected chi connectivity index (χ2v) is 7.28. The quantitative estimate of drug-likeness (QED) is 0.845. The number of rotatable bonds is 5. The van der Waals surface area contributed by atoms with Crippen molar-refractivity contribution in [3.8, 4) is 0 Å². The Kier molecular flexibility index (Phi) is 4.95. The molecule has 0 saturated carbocycles. The van der Waals surface area contributed by atoms with Crippen molar-refractivity contribution in [3.63, 3.8) is 0 Å². The van der Waals surface area contributed by atoms with E-state index in [4.69, 9.17) is 0 Å². The van der Waals surface area contributed by atoms with Crippen LogP contribution < -0.4 is 0 Å². The van der Waals surface area contributed by atoms with Gasteiger partial charge in [0.2, 0.25) is 0 Å². The Labute approximate surface area is 145 Å². The van der Waals surface area contributed by atoms with Gasteiger partial charge in [0.25, 0.3) is 0 Å². The fraction of sp³-hybridized carbons (Fsp3) is 0.550. The molecule has 2 fully saturated rings. The van der Waals surface area contributed by atoms with Gasteiger partial charge in [-0.2, -0.15) is 5.10 Å². The van der Waals surface area contributed by atoms with Crippen LogP contribution >= 0.6 is 0 Å². The summed E-state index contributed by atoms with van der Waals surface area (Å²) >= 11 is 0. The molecule has 2 aromatic rings. The molecule has 0 atom stereocenters. The third kappa shape index (κ3) is 3.87.